The molecule has 136 valence electrons. The highest BCUT2D eigenvalue weighted by molar-refractivity contribution is 7.90. The molecule has 6 nitrogen and oxygen atoms in total. The molecule has 0 saturated carbocycles. The molecule has 4 rings (SSSR count). The Bertz CT molecular complexity index is 1210. The number of H-pyrrole nitrogens is 1. The van der Waals surface area contributed by atoms with Crippen LogP contribution in [0.15, 0.2) is 82.4 Å². The van der Waals surface area contributed by atoms with Crippen molar-refractivity contribution in [3.8, 4) is 0 Å². The van der Waals surface area contributed by atoms with E-state index < -0.39 is 15.7 Å². The van der Waals surface area contributed by atoms with Crippen LogP contribution in [0, 0.1) is 0 Å². The number of rotatable bonds is 5. The molecule has 1 amide bonds. The molecule has 0 aliphatic heterocycles. The smallest absolute Gasteiger partial charge is 0.291 e. The van der Waals surface area contributed by atoms with E-state index in [-0.39, 0.29) is 16.4 Å². The number of hydrogen-bond donors (Lipinski definition) is 2. The van der Waals surface area contributed by atoms with E-state index in [0.717, 1.165) is 10.9 Å². The summed E-state index contributed by atoms with van der Waals surface area (Å²) in [5, 5.41) is 3.65. The minimum Gasteiger partial charge on any atom is -0.459 e. The number of aromatic nitrogens is 1. The third-order valence-electron chi connectivity index (χ3n) is 4.24. The lowest BCUT2D eigenvalue weighted by Gasteiger charge is -2.07. The van der Waals surface area contributed by atoms with Crippen molar-refractivity contribution in [1.82, 2.24) is 4.98 Å². The Morgan fingerprint density at radius 3 is 2.63 bits per heavy atom. The summed E-state index contributed by atoms with van der Waals surface area (Å²) < 4.78 is 30.5. The number of carbonyl (C=O) groups excluding carboxylic acids is 1. The molecule has 2 aromatic carbocycles. The Balaban J connectivity index is 1.60. The lowest BCUT2D eigenvalue weighted by atomic mass is 10.2. The van der Waals surface area contributed by atoms with Gasteiger partial charge in [0.1, 0.15) is 0 Å². The van der Waals surface area contributed by atoms with Crippen molar-refractivity contribution in [1.29, 1.82) is 0 Å². The average molecular weight is 380 g/mol. The maximum Gasteiger partial charge on any atom is 0.291 e. The van der Waals surface area contributed by atoms with Crippen molar-refractivity contribution in [2.45, 2.75) is 10.6 Å². The molecule has 27 heavy (non-hydrogen) atoms. The average Bonchev–Trinajstić information content (AvgIpc) is 3.32. The first-order chi connectivity index (χ1) is 13.0. The number of anilines is 1. The lowest BCUT2D eigenvalue weighted by Crippen LogP contribution is -2.15. The number of carbonyl (C=O) groups is 1. The zero-order valence-corrected chi connectivity index (χ0v) is 15.0. The molecule has 0 aliphatic rings. The van der Waals surface area contributed by atoms with Crippen LogP contribution in [-0.4, -0.2) is 19.3 Å². The quantitative estimate of drug-likeness (QED) is 0.548. The number of hydrogen-bond acceptors (Lipinski definition) is 4. The summed E-state index contributed by atoms with van der Waals surface area (Å²) in [7, 11) is -3.58. The Kier molecular flexibility index (Phi) is 4.29. The highest BCUT2D eigenvalue weighted by Crippen LogP contribution is 2.25. The van der Waals surface area contributed by atoms with E-state index in [9.17, 15) is 13.2 Å². The zero-order valence-electron chi connectivity index (χ0n) is 14.2. The van der Waals surface area contributed by atoms with Crippen LogP contribution in [0.1, 0.15) is 16.1 Å². The van der Waals surface area contributed by atoms with E-state index in [4.69, 9.17) is 4.42 Å². The van der Waals surface area contributed by atoms with Crippen LogP contribution >= 0.6 is 0 Å². The number of benzene rings is 2. The Morgan fingerprint density at radius 2 is 1.81 bits per heavy atom. The highest BCUT2D eigenvalue weighted by Gasteiger charge is 2.22. The number of sulfone groups is 1. The van der Waals surface area contributed by atoms with Crippen LogP contribution < -0.4 is 5.32 Å². The number of aromatic amines is 1. The molecule has 0 bridgehead atoms. The molecule has 0 unspecified atom stereocenters. The summed E-state index contributed by atoms with van der Waals surface area (Å²) >= 11 is 0. The van der Waals surface area contributed by atoms with Crippen molar-refractivity contribution in [2.24, 2.45) is 0 Å². The summed E-state index contributed by atoms with van der Waals surface area (Å²) in [6, 6.07) is 17.0. The second-order valence-electron chi connectivity index (χ2n) is 6.05. The van der Waals surface area contributed by atoms with Gasteiger partial charge in [-0.2, -0.15) is 0 Å². The van der Waals surface area contributed by atoms with Crippen molar-refractivity contribution in [3.05, 3.63) is 84.4 Å². The number of nitrogens with one attached hydrogen (secondary N) is 2. The number of amides is 1. The van der Waals surface area contributed by atoms with Gasteiger partial charge in [-0.15, -0.1) is 0 Å². The summed E-state index contributed by atoms with van der Waals surface area (Å²) in [6.45, 7) is 0. The van der Waals surface area contributed by atoms with Gasteiger partial charge in [-0.1, -0.05) is 24.3 Å². The summed E-state index contributed by atoms with van der Waals surface area (Å²) in [6.07, 6.45) is 3.10. The second kappa shape index (κ2) is 6.77. The van der Waals surface area contributed by atoms with Gasteiger partial charge in [-0.25, -0.2) is 8.42 Å². The van der Waals surface area contributed by atoms with Gasteiger partial charge in [-0.3, -0.25) is 4.79 Å². The van der Waals surface area contributed by atoms with E-state index in [1.165, 1.54) is 24.5 Å². The van der Waals surface area contributed by atoms with Crippen LogP contribution in [0.3, 0.4) is 0 Å². The van der Waals surface area contributed by atoms with E-state index >= 15 is 0 Å². The molecule has 2 heterocycles. The van der Waals surface area contributed by atoms with Crippen molar-refractivity contribution >= 4 is 32.3 Å². The molecule has 0 atom stereocenters. The van der Waals surface area contributed by atoms with Crippen molar-refractivity contribution in [3.63, 3.8) is 0 Å². The summed E-state index contributed by atoms with van der Waals surface area (Å²) in [5.41, 5.74) is 1.82. The van der Waals surface area contributed by atoms with Gasteiger partial charge in [0.05, 0.1) is 22.6 Å². The molecule has 0 aliphatic carbocycles. The van der Waals surface area contributed by atoms with E-state index in [1.807, 2.05) is 18.2 Å². The van der Waals surface area contributed by atoms with Gasteiger partial charge in [0.2, 0.25) is 0 Å². The van der Waals surface area contributed by atoms with Crippen molar-refractivity contribution < 1.29 is 17.6 Å². The normalized spacial score (nSPS) is 11.6. The largest absolute Gasteiger partial charge is 0.459 e. The first-order valence-electron chi connectivity index (χ1n) is 8.26. The van der Waals surface area contributed by atoms with E-state index in [2.05, 4.69) is 10.3 Å². The summed E-state index contributed by atoms with van der Waals surface area (Å²) in [4.78, 5) is 16.0. The molecule has 2 N–H and O–H groups in total. The maximum atomic E-state index is 12.7. The van der Waals surface area contributed by atoms with Crippen LogP contribution in [0.4, 0.5) is 5.69 Å². The topological polar surface area (TPSA) is 92.2 Å². The molecule has 0 radical (unpaired) electrons. The molecule has 0 spiro atoms. The fraction of sp³-hybridized carbons (Fsp3) is 0.0500. The monoisotopic (exact) mass is 380 g/mol. The fourth-order valence-electron chi connectivity index (χ4n) is 2.94. The van der Waals surface area contributed by atoms with Crippen LogP contribution in [0.25, 0.3) is 10.9 Å². The predicted molar refractivity (Wildman–Crippen MR) is 102 cm³/mol. The summed E-state index contributed by atoms with van der Waals surface area (Å²) in [5.74, 6) is -0.820. The third-order valence-corrected chi connectivity index (χ3v) is 5.93. The number of fused-ring (bicyclic) bond motifs is 1. The van der Waals surface area contributed by atoms with Gasteiger partial charge in [-0.05, 0) is 36.4 Å². The Labute approximate surface area is 155 Å². The molecular formula is C20H16N2O4S. The minimum atomic E-state index is -3.58. The van der Waals surface area contributed by atoms with Crippen LogP contribution in [0.5, 0.6) is 0 Å². The fourth-order valence-corrected chi connectivity index (χ4v) is 4.31. The van der Waals surface area contributed by atoms with Gasteiger partial charge < -0.3 is 14.7 Å². The first-order valence-corrected chi connectivity index (χ1v) is 9.91. The van der Waals surface area contributed by atoms with Crippen molar-refractivity contribution in [2.75, 3.05) is 5.32 Å². The van der Waals surface area contributed by atoms with Crippen LogP contribution in [-0.2, 0) is 15.6 Å². The molecule has 4 aromatic rings. The van der Waals surface area contributed by atoms with Crippen LogP contribution in [0.2, 0.25) is 0 Å². The van der Waals surface area contributed by atoms with E-state index in [1.54, 1.807) is 30.5 Å². The molecule has 0 fully saturated rings. The molecule has 7 heteroatoms. The number of furan rings is 1. The predicted octanol–water partition coefficient (Wildman–Crippen LogP) is 3.99. The SMILES string of the molecule is O=C(Nc1cccc2[nH]ccc12)c1occc1CS(=O)(=O)c1ccccc1. The highest BCUT2D eigenvalue weighted by atomic mass is 32.2. The Morgan fingerprint density at radius 1 is 1.00 bits per heavy atom. The van der Waals surface area contributed by atoms with E-state index in [0.29, 0.717) is 11.3 Å². The van der Waals surface area contributed by atoms with Gasteiger partial charge >= 0.3 is 0 Å². The standard InChI is InChI=1S/C20H16N2O4S/c23-20(22-18-8-4-7-17-16(18)9-11-21-17)19-14(10-12-26-19)13-27(24,25)15-5-2-1-3-6-15/h1-12,21H,13H2,(H,22,23). The third kappa shape index (κ3) is 3.37. The Hall–Kier alpha value is -3.32. The molecule has 0 saturated heterocycles. The van der Waals surface area contributed by atoms with Gasteiger partial charge in [0.15, 0.2) is 15.6 Å². The second-order valence-corrected chi connectivity index (χ2v) is 8.04. The lowest BCUT2D eigenvalue weighted by molar-refractivity contribution is 0.0996. The molecule has 2 aromatic heterocycles. The maximum absolute atomic E-state index is 12.7. The zero-order chi connectivity index (χ0) is 18.9. The minimum absolute atomic E-state index is 0.0120. The van der Waals surface area contributed by atoms with Gasteiger partial charge in [0, 0.05) is 22.7 Å². The first kappa shape index (κ1) is 17.1. The molecular weight excluding hydrogens is 364 g/mol. The van der Waals surface area contributed by atoms with Gasteiger partial charge in [0.25, 0.3) is 5.91 Å².